The van der Waals surface area contributed by atoms with E-state index in [4.69, 9.17) is 9.47 Å². The lowest BCUT2D eigenvalue weighted by molar-refractivity contribution is -0.272. The van der Waals surface area contributed by atoms with E-state index in [1.807, 2.05) is 0 Å². The van der Waals surface area contributed by atoms with Crippen molar-refractivity contribution >= 4 is 0 Å². The zero-order valence-corrected chi connectivity index (χ0v) is 19.5. The lowest BCUT2D eigenvalue weighted by atomic mass is 9.47. The minimum atomic E-state index is -0.294. The smallest absolute Gasteiger partial charge is 0.171 e. The van der Waals surface area contributed by atoms with Crippen LogP contribution in [0.5, 0.6) is 0 Å². The first-order valence-corrected chi connectivity index (χ1v) is 13.0. The van der Waals surface area contributed by atoms with Crippen molar-refractivity contribution in [2.75, 3.05) is 6.61 Å². The molecule has 0 amide bonds. The summed E-state index contributed by atoms with van der Waals surface area (Å²) >= 11 is 0. The highest BCUT2D eigenvalue weighted by Crippen LogP contribution is 2.70. The minimum absolute atomic E-state index is 0.107. The molecule has 8 unspecified atom stereocenters. The Balaban J connectivity index is 1.28. The van der Waals surface area contributed by atoms with Crippen molar-refractivity contribution in [1.82, 2.24) is 0 Å². The summed E-state index contributed by atoms with van der Waals surface area (Å²) in [6.07, 6.45) is 13.5. The second-order valence-electron chi connectivity index (χ2n) is 12.7. The number of aliphatic hydroxyl groups excluding tert-OH is 1. The molecule has 0 radical (unpaired) electrons. The first kappa shape index (κ1) is 20.2. The second kappa shape index (κ2) is 6.58. The summed E-state index contributed by atoms with van der Waals surface area (Å²) in [5.74, 6) is 3.94. The zero-order valence-electron chi connectivity index (χ0n) is 19.5. The molecule has 0 aromatic rings. The molecule has 0 bridgehead atoms. The fraction of sp³-hybridized carbons (Fsp3) is 0.926. The van der Waals surface area contributed by atoms with Crippen molar-refractivity contribution in [1.29, 1.82) is 0 Å². The Bertz CT molecular complexity index is 736. The van der Waals surface area contributed by atoms with Gasteiger partial charge in [0.2, 0.25) is 0 Å². The molecule has 2 saturated heterocycles. The normalized spacial score (nSPS) is 59.8. The van der Waals surface area contributed by atoms with Gasteiger partial charge in [-0.1, -0.05) is 39.3 Å². The molecular weight excluding hydrogens is 372 g/mol. The average molecular weight is 415 g/mol. The van der Waals surface area contributed by atoms with Gasteiger partial charge in [0.1, 0.15) is 0 Å². The van der Waals surface area contributed by atoms with Crippen LogP contribution in [0.2, 0.25) is 0 Å². The quantitative estimate of drug-likeness (QED) is 0.516. The van der Waals surface area contributed by atoms with Crippen LogP contribution in [0.3, 0.4) is 0 Å². The summed E-state index contributed by atoms with van der Waals surface area (Å²) in [6.45, 7) is 10.8. The molecule has 3 heteroatoms. The Morgan fingerprint density at radius 3 is 2.63 bits per heavy atom. The fourth-order valence-corrected chi connectivity index (χ4v) is 9.66. The number of rotatable bonds is 0. The third kappa shape index (κ3) is 2.55. The van der Waals surface area contributed by atoms with E-state index in [0.717, 1.165) is 43.6 Å². The van der Waals surface area contributed by atoms with Gasteiger partial charge in [-0.2, -0.15) is 0 Å². The molecule has 0 aromatic heterocycles. The van der Waals surface area contributed by atoms with E-state index in [2.05, 4.69) is 33.8 Å². The highest BCUT2D eigenvalue weighted by molar-refractivity contribution is 5.26. The van der Waals surface area contributed by atoms with E-state index in [0.29, 0.717) is 34.7 Å². The molecule has 2 heterocycles. The van der Waals surface area contributed by atoms with Crippen molar-refractivity contribution in [2.45, 2.75) is 103 Å². The van der Waals surface area contributed by atoms with Crippen LogP contribution in [0.15, 0.2) is 11.6 Å². The average Bonchev–Trinajstić information content (AvgIpc) is 3.16. The topological polar surface area (TPSA) is 38.7 Å². The molecule has 0 aromatic carbocycles. The van der Waals surface area contributed by atoms with Gasteiger partial charge in [0.25, 0.3) is 0 Å². The summed E-state index contributed by atoms with van der Waals surface area (Å²) in [4.78, 5) is 0. The van der Waals surface area contributed by atoms with Gasteiger partial charge < -0.3 is 14.6 Å². The van der Waals surface area contributed by atoms with Gasteiger partial charge in [-0.3, -0.25) is 0 Å². The molecule has 11 atom stereocenters. The van der Waals surface area contributed by atoms with Crippen molar-refractivity contribution < 1.29 is 14.6 Å². The molecule has 3 saturated carbocycles. The third-order valence-corrected chi connectivity index (χ3v) is 11.3. The summed E-state index contributed by atoms with van der Waals surface area (Å²) in [7, 11) is 0. The maximum Gasteiger partial charge on any atom is 0.171 e. The predicted octanol–water partition coefficient (Wildman–Crippen LogP) is 5.71. The van der Waals surface area contributed by atoms with Gasteiger partial charge in [-0.25, -0.2) is 0 Å². The highest BCUT2D eigenvalue weighted by Gasteiger charge is 2.68. The molecule has 30 heavy (non-hydrogen) atoms. The van der Waals surface area contributed by atoms with Gasteiger partial charge in [0.05, 0.1) is 18.8 Å². The van der Waals surface area contributed by atoms with Crippen molar-refractivity contribution in [3.63, 3.8) is 0 Å². The summed E-state index contributed by atoms with van der Waals surface area (Å²) in [5.41, 5.74) is 2.31. The van der Waals surface area contributed by atoms with Crippen LogP contribution in [0.1, 0.15) is 85.5 Å². The lowest BCUT2D eigenvalue weighted by Crippen LogP contribution is -2.52. The van der Waals surface area contributed by atoms with Crippen LogP contribution in [-0.2, 0) is 9.47 Å². The number of fused-ring (bicyclic) bond motifs is 7. The van der Waals surface area contributed by atoms with Crippen LogP contribution in [0, 0.1) is 46.3 Å². The molecule has 3 nitrogen and oxygen atoms in total. The van der Waals surface area contributed by atoms with Crippen LogP contribution >= 0.6 is 0 Å². The van der Waals surface area contributed by atoms with Crippen molar-refractivity contribution in [3.8, 4) is 0 Å². The van der Waals surface area contributed by atoms with Crippen molar-refractivity contribution in [3.05, 3.63) is 11.6 Å². The molecule has 6 rings (SSSR count). The second-order valence-corrected chi connectivity index (χ2v) is 12.7. The zero-order chi connectivity index (χ0) is 20.9. The summed E-state index contributed by atoms with van der Waals surface area (Å²) in [6, 6.07) is 0. The van der Waals surface area contributed by atoms with E-state index in [9.17, 15) is 5.11 Å². The summed E-state index contributed by atoms with van der Waals surface area (Å²) in [5, 5.41) is 10.3. The monoisotopic (exact) mass is 414 g/mol. The van der Waals surface area contributed by atoms with E-state index in [1.165, 1.54) is 38.5 Å². The van der Waals surface area contributed by atoms with Crippen LogP contribution in [0.25, 0.3) is 0 Å². The SMILES string of the molecule is CC1CCC2(OC1)OC1CC3C4CC=C5CC(O)CC[C@]5(C)C4CC[C@]3(C)C1[C@@H]2C. The Morgan fingerprint density at radius 2 is 1.87 bits per heavy atom. The number of hydrogen-bond acceptors (Lipinski definition) is 3. The maximum absolute atomic E-state index is 10.3. The molecule has 1 spiro atoms. The first-order valence-electron chi connectivity index (χ1n) is 13.0. The Hall–Kier alpha value is -0.380. The highest BCUT2D eigenvalue weighted by atomic mass is 16.7. The number of allylic oxidation sites excluding steroid dienone is 1. The summed E-state index contributed by atoms with van der Waals surface area (Å²) < 4.78 is 13.3. The Labute approximate surface area is 183 Å². The van der Waals surface area contributed by atoms with E-state index < -0.39 is 0 Å². The number of hydrogen-bond donors (Lipinski definition) is 1. The first-order chi connectivity index (χ1) is 14.3. The van der Waals surface area contributed by atoms with Gasteiger partial charge in [-0.05, 0) is 91.8 Å². The van der Waals surface area contributed by atoms with Gasteiger partial charge in [0, 0.05) is 12.3 Å². The molecule has 4 aliphatic carbocycles. The van der Waals surface area contributed by atoms with E-state index >= 15 is 0 Å². The molecule has 2 aliphatic heterocycles. The van der Waals surface area contributed by atoms with Gasteiger partial charge >= 0.3 is 0 Å². The molecule has 168 valence electrons. The largest absolute Gasteiger partial charge is 0.393 e. The van der Waals surface area contributed by atoms with Gasteiger partial charge in [-0.15, -0.1) is 0 Å². The van der Waals surface area contributed by atoms with Crippen LogP contribution in [-0.4, -0.2) is 29.7 Å². The van der Waals surface area contributed by atoms with Crippen molar-refractivity contribution in [2.24, 2.45) is 46.3 Å². The molecule has 5 fully saturated rings. The third-order valence-electron chi connectivity index (χ3n) is 11.3. The van der Waals surface area contributed by atoms with Crippen LogP contribution < -0.4 is 0 Å². The van der Waals surface area contributed by atoms with Crippen LogP contribution in [0.4, 0.5) is 0 Å². The van der Waals surface area contributed by atoms with E-state index in [1.54, 1.807) is 5.57 Å². The minimum Gasteiger partial charge on any atom is -0.393 e. The number of aliphatic hydroxyl groups is 1. The Kier molecular flexibility index (Phi) is 4.44. The standard InChI is InChI=1S/C27H42O3/c1-16-7-12-27(29-15-16)17(2)24-23(30-27)14-22-20-6-5-18-13-19(28)8-10-25(18,3)21(20)9-11-26(22,24)4/h5,16-17,19-24,28H,6-15H2,1-4H3/t16?,17-,19?,20?,21?,22?,23?,24?,25-,26-,27?/m0/s1. The molecular formula is C27H42O3. The lowest BCUT2D eigenvalue weighted by Gasteiger charge is -2.58. The predicted molar refractivity (Wildman–Crippen MR) is 118 cm³/mol. The fourth-order valence-electron chi connectivity index (χ4n) is 9.66. The molecule has 6 aliphatic rings. The van der Waals surface area contributed by atoms with Gasteiger partial charge in [0.15, 0.2) is 5.79 Å². The molecule has 1 N–H and O–H groups in total. The number of ether oxygens (including phenoxy) is 2. The Morgan fingerprint density at radius 1 is 1.03 bits per heavy atom. The van der Waals surface area contributed by atoms with E-state index in [-0.39, 0.29) is 11.9 Å². The maximum atomic E-state index is 10.3.